The summed E-state index contributed by atoms with van der Waals surface area (Å²) in [6.07, 6.45) is 3.93. The van der Waals surface area contributed by atoms with Crippen LogP contribution in [0.15, 0.2) is 35.6 Å². The highest BCUT2D eigenvalue weighted by Gasteiger charge is 2.06. The van der Waals surface area contributed by atoms with Crippen LogP contribution in [0.1, 0.15) is 20.8 Å². The number of carbonyl (C=O) groups is 2. The molecule has 0 aliphatic rings. The molecule has 0 fully saturated rings. The molecule has 0 radical (unpaired) electrons. The minimum absolute atomic E-state index is 0.259. The Balaban J connectivity index is 4.59. The first-order valence-electron chi connectivity index (χ1n) is 4.26. The minimum Gasteiger partial charge on any atom is -0.326 e. The van der Waals surface area contributed by atoms with Gasteiger partial charge in [0.2, 0.25) is 0 Å². The first-order chi connectivity index (χ1) is 6.52. The van der Waals surface area contributed by atoms with Gasteiger partial charge in [0.1, 0.15) is 6.29 Å². The Morgan fingerprint density at radius 3 is 2.29 bits per heavy atom. The number of allylic oxidation sites excluding steroid dienone is 4. The van der Waals surface area contributed by atoms with Crippen LogP contribution in [0, 0.1) is 0 Å². The molecule has 0 saturated carbocycles. The topological polar surface area (TPSA) is 46.2 Å². The van der Waals surface area contributed by atoms with Crippen LogP contribution in [0.25, 0.3) is 0 Å². The number of hydrogen-bond acceptors (Lipinski definition) is 2. The molecule has 0 unspecified atom stereocenters. The average Bonchev–Trinajstić information content (AvgIpc) is 2.15. The quantitative estimate of drug-likeness (QED) is 0.420. The van der Waals surface area contributed by atoms with E-state index in [9.17, 15) is 9.59 Å². The number of amides is 1. The van der Waals surface area contributed by atoms with Crippen molar-refractivity contribution in [3.63, 3.8) is 0 Å². The highest BCUT2D eigenvalue weighted by molar-refractivity contribution is 5.98. The van der Waals surface area contributed by atoms with Crippen LogP contribution in [0.3, 0.4) is 0 Å². The van der Waals surface area contributed by atoms with E-state index >= 15 is 0 Å². The maximum Gasteiger partial charge on any atom is 0.251 e. The summed E-state index contributed by atoms with van der Waals surface area (Å²) >= 11 is 0. The normalized spacial score (nSPS) is 12.9. The van der Waals surface area contributed by atoms with Gasteiger partial charge in [-0.3, -0.25) is 9.59 Å². The zero-order valence-electron chi connectivity index (χ0n) is 8.76. The molecule has 0 rings (SSSR count). The Morgan fingerprint density at radius 1 is 1.29 bits per heavy atom. The molecule has 0 saturated heterocycles. The number of carbonyl (C=O) groups excluding carboxylic acids is 2. The average molecular weight is 193 g/mol. The third-order valence-corrected chi connectivity index (χ3v) is 1.79. The fraction of sp³-hybridized carbons (Fsp3) is 0.273. The molecule has 0 aromatic heterocycles. The Hall–Kier alpha value is -1.64. The van der Waals surface area contributed by atoms with E-state index in [0.29, 0.717) is 23.1 Å². The van der Waals surface area contributed by atoms with E-state index in [2.05, 4.69) is 11.9 Å². The third-order valence-electron chi connectivity index (χ3n) is 1.79. The Morgan fingerprint density at radius 2 is 1.86 bits per heavy atom. The number of aldehydes is 1. The van der Waals surface area contributed by atoms with Crippen LogP contribution in [0.2, 0.25) is 0 Å². The smallest absolute Gasteiger partial charge is 0.251 e. The van der Waals surface area contributed by atoms with Crippen LogP contribution < -0.4 is 5.32 Å². The largest absolute Gasteiger partial charge is 0.326 e. The fourth-order valence-corrected chi connectivity index (χ4v) is 0.759. The van der Waals surface area contributed by atoms with Gasteiger partial charge in [-0.25, -0.2) is 0 Å². The summed E-state index contributed by atoms with van der Waals surface area (Å²) in [5, 5.41) is 2.63. The lowest BCUT2D eigenvalue weighted by molar-refractivity contribution is -0.117. The molecular formula is C11H15NO2. The van der Waals surface area contributed by atoms with Crippen molar-refractivity contribution in [2.24, 2.45) is 0 Å². The molecule has 1 amide bonds. The van der Waals surface area contributed by atoms with E-state index in [-0.39, 0.29) is 5.91 Å². The van der Waals surface area contributed by atoms with E-state index in [1.165, 1.54) is 0 Å². The van der Waals surface area contributed by atoms with Crippen molar-refractivity contribution >= 4 is 12.2 Å². The summed E-state index contributed by atoms with van der Waals surface area (Å²) in [6, 6.07) is 0. The monoisotopic (exact) mass is 193 g/mol. The molecule has 0 aliphatic carbocycles. The lowest BCUT2D eigenvalue weighted by atomic mass is 10.1. The fourth-order valence-electron chi connectivity index (χ4n) is 0.759. The predicted molar refractivity (Wildman–Crippen MR) is 56.5 cm³/mol. The summed E-state index contributed by atoms with van der Waals surface area (Å²) < 4.78 is 0. The van der Waals surface area contributed by atoms with Gasteiger partial charge in [-0.1, -0.05) is 12.7 Å². The predicted octanol–water partition coefficient (Wildman–Crippen LogP) is 1.73. The van der Waals surface area contributed by atoms with Crippen LogP contribution >= 0.6 is 0 Å². The zero-order valence-corrected chi connectivity index (χ0v) is 8.76. The van der Waals surface area contributed by atoms with Gasteiger partial charge in [0.05, 0.1) is 0 Å². The highest BCUT2D eigenvalue weighted by Crippen LogP contribution is 2.01. The Kier molecular flexibility index (Phi) is 5.22. The molecule has 76 valence electrons. The van der Waals surface area contributed by atoms with Gasteiger partial charge in [-0.15, -0.1) is 0 Å². The molecule has 0 spiro atoms. The maximum atomic E-state index is 11.4. The molecule has 0 atom stereocenters. The SMILES string of the molecule is C=C/C=C(\C)NC(=O)/C(C)=C(/C)C=O. The van der Waals surface area contributed by atoms with Crippen molar-refractivity contribution in [1.29, 1.82) is 0 Å². The second kappa shape index (κ2) is 5.91. The van der Waals surface area contributed by atoms with Gasteiger partial charge in [-0.05, 0) is 32.4 Å². The zero-order chi connectivity index (χ0) is 11.1. The van der Waals surface area contributed by atoms with E-state index < -0.39 is 0 Å². The molecule has 0 aromatic rings. The summed E-state index contributed by atoms with van der Waals surface area (Å²) in [4.78, 5) is 21.8. The minimum atomic E-state index is -0.259. The summed E-state index contributed by atoms with van der Waals surface area (Å²) in [5.74, 6) is -0.259. The van der Waals surface area contributed by atoms with Crippen LogP contribution in [0.5, 0.6) is 0 Å². The molecule has 0 aromatic carbocycles. The second-order valence-electron chi connectivity index (χ2n) is 2.97. The van der Waals surface area contributed by atoms with Crippen molar-refractivity contribution in [2.45, 2.75) is 20.8 Å². The lowest BCUT2D eigenvalue weighted by Crippen LogP contribution is -2.22. The Labute approximate surface area is 84.2 Å². The van der Waals surface area contributed by atoms with Crippen molar-refractivity contribution < 1.29 is 9.59 Å². The molecule has 0 bridgehead atoms. The highest BCUT2D eigenvalue weighted by atomic mass is 16.1. The first-order valence-corrected chi connectivity index (χ1v) is 4.26. The van der Waals surface area contributed by atoms with Gasteiger partial charge >= 0.3 is 0 Å². The molecule has 3 heteroatoms. The summed E-state index contributed by atoms with van der Waals surface area (Å²) in [6.45, 7) is 8.48. The lowest BCUT2D eigenvalue weighted by Gasteiger charge is -2.05. The van der Waals surface area contributed by atoms with E-state index in [0.717, 1.165) is 0 Å². The van der Waals surface area contributed by atoms with Crippen LogP contribution in [-0.2, 0) is 9.59 Å². The Bertz CT molecular complexity index is 311. The molecule has 3 nitrogen and oxygen atoms in total. The number of rotatable bonds is 4. The number of nitrogens with one attached hydrogen (secondary N) is 1. The van der Waals surface area contributed by atoms with Gasteiger partial charge < -0.3 is 5.32 Å². The van der Waals surface area contributed by atoms with Crippen LogP contribution in [0.4, 0.5) is 0 Å². The standard InChI is InChI=1S/C11H15NO2/c1-5-6-9(3)12-11(14)10(4)8(2)7-13/h5-7H,1H2,2-4H3,(H,12,14)/b9-6+,10-8-. The second-order valence-corrected chi connectivity index (χ2v) is 2.97. The molecule has 0 aliphatic heterocycles. The van der Waals surface area contributed by atoms with Gasteiger partial charge in [0, 0.05) is 11.3 Å². The first kappa shape index (κ1) is 12.4. The van der Waals surface area contributed by atoms with Crippen molar-refractivity contribution in [2.75, 3.05) is 0 Å². The van der Waals surface area contributed by atoms with E-state index in [1.807, 2.05) is 0 Å². The molecular weight excluding hydrogens is 178 g/mol. The maximum absolute atomic E-state index is 11.4. The van der Waals surface area contributed by atoms with Crippen molar-refractivity contribution in [3.05, 3.63) is 35.6 Å². The van der Waals surface area contributed by atoms with Gasteiger partial charge in [0.15, 0.2) is 0 Å². The summed E-state index contributed by atoms with van der Waals surface area (Å²) in [5.41, 5.74) is 1.56. The van der Waals surface area contributed by atoms with Gasteiger partial charge in [-0.2, -0.15) is 0 Å². The van der Waals surface area contributed by atoms with Crippen molar-refractivity contribution in [3.8, 4) is 0 Å². The molecule has 14 heavy (non-hydrogen) atoms. The van der Waals surface area contributed by atoms with E-state index in [4.69, 9.17) is 0 Å². The van der Waals surface area contributed by atoms with Gasteiger partial charge in [0.25, 0.3) is 5.91 Å². The molecule has 0 heterocycles. The summed E-state index contributed by atoms with van der Waals surface area (Å²) in [7, 11) is 0. The van der Waals surface area contributed by atoms with Crippen molar-refractivity contribution in [1.82, 2.24) is 5.32 Å². The third kappa shape index (κ3) is 3.85. The van der Waals surface area contributed by atoms with Crippen LogP contribution in [-0.4, -0.2) is 12.2 Å². The van der Waals surface area contributed by atoms with E-state index in [1.54, 1.807) is 32.9 Å². The molecule has 1 N–H and O–H groups in total. The number of hydrogen-bond donors (Lipinski definition) is 1.